The third-order valence-corrected chi connectivity index (χ3v) is 5.23. The molecule has 0 saturated heterocycles. The maximum atomic E-state index is 11.5. The van der Waals surface area contributed by atoms with Crippen LogP contribution in [0.4, 0.5) is 17.1 Å². The van der Waals surface area contributed by atoms with Gasteiger partial charge < -0.3 is 0 Å². The molecule has 0 radical (unpaired) electrons. The fourth-order valence-electron chi connectivity index (χ4n) is 3.72. The van der Waals surface area contributed by atoms with Crippen molar-refractivity contribution in [1.82, 2.24) is 0 Å². The van der Waals surface area contributed by atoms with E-state index in [2.05, 4.69) is 16.6 Å². The number of nitro benzene ring substituents is 2. The molecule has 0 unspecified atom stereocenters. The van der Waals surface area contributed by atoms with Crippen molar-refractivity contribution in [1.29, 1.82) is 0 Å². The molecule has 1 N–H and O–H groups in total. The molecule has 4 aromatic rings. The summed E-state index contributed by atoms with van der Waals surface area (Å²) in [5.41, 5.74) is 6.46. The molecule has 0 aromatic heterocycles. The Morgan fingerprint density at radius 3 is 2.33 bits per heavy atom. The van der Waals surface area contributed by atoms with E-state index in [-0.39, 0.29) is 11.4 Å². The van der Waals surface area contributed by atoms with Crippen LogP contribution in [0.1, 0.15) is 22.3 Å². The van der Waals surface area contributed by atoms with Crippen molar-refractivity contribution in [3.05, 3.63) is 121 Å². The number of fused-ring (bicyclic) bond motifs is 1. The zero-order valence-electron chi connectivity index (χ0n) is 18.0. The predicted octanol–water partition coefficient (Wildman–Crippen LogP) is 6.14. The van der Waals surface area contributed by atoms with E-state index in [0.717, 1.165) is 39.1 Å². The van der Waals surface area contributed by atoms with Gasteiger partial charge in [-0.25, -0.2) is 0 Å². The Hall–Kier alpha value is -4.59. The number of anilines is 1. The lowest BCUT2D eigenvalue weighted by Gasteiger charge is -2.13. The topological polar surface area (TPSA) is 111 Å². The number of aryl methyl sites for hydroxylation is 2. The number of benzene rings is 4. The average molecular weight is 440 g/mol. The van der Waals surface area contributed by atoms with E-state index in [4.69, 9.17) is 0 Å². The van der Waals surface area contributed by atoms with Crippen LogP contribution >= 0.6 is 0 Å². The van der Waals surface area contributed by atoms with Gasteiger partial charge in [0.15, 0.2) is 0 Å². The number of hydrazone groups is 1. The number of nitrogens with one attached hydrogen (secondary N) is 1. The van der Waals surface area contributed by atoms with E-state index in [1.54, 1.807) is 0 Å². The van der Waals surface area contributed by atoms with Crippen molar-refractivity contribution in [2.45, 2.75) is 13.8 Å². The summed E-state index contributed by atoms with van der Waals surface area (Å²) in [4.78, 5) is 21.2. The molecule has 0 bridgehead atoms. The Bertz CT molecular complexity index is 1430. The Labute approximate surface area is 189 Å². The number of hydrogen-bond donors (Lipinski definition) is 1. The van der Waals surface area contributed by atoms with Gasteiger partial charge in [0.2, 0.25) is 0 Å². The fourth-order valence-corrected chi connectivity index (χ4v) is 3.72. The van der Waals surface area contributed by atoms with Crippen LogP contribution in [0.5, 0.6) is 0 Å². The Morgan fingerprint density at radius 1 is 0.818 bits per heavy atom. The quantitative estimate of drug-likeness (QED) is 0.220. The number of nitro groups is 2. The van der Waals surface area contributed by atoms with Crippen LogP contribution in [0.3, 0.4) is 0 Å². The largest absolute Gasteiger partial charge is 0.301 e. The highest BCUT2D eigenvalue weighted by molar-refractivity contribution is 6.19. The van der Waals surface area contributed by atoms with Gasteiger partial charge in [0.1, 0.15) is 5.69 Å². The minimum absolute atomic E-state index is 0.0627. The highest BCUT2D eigenvalue weighted by Gasteiger charge is 2.20. The van der Waals surface area contributed by atoms with Gasteiger partial charge in [-0.2, -0.15) is 5.10 Å². The number of rotatable bonds is 6. The van der Waals surface area contributed by atoms with Crippen molar-refractivity contribution in [2.24, 2.45) is 5.10 Å². The zero-order chi connectivity index (χ0) is 23.5. The van der Waals surface area contributed by atoms with Crippen LogP contribution in [-0.2, 0) is 0 Å². The van der Waals surface area contributed by atoms with Crippen LogP contribution in [0.25, 0.3) is 10.8 Å². The van der Waals surface area contributed by atoms with E-state index in [1.165, 1.54) is 12.1 Å². The van der Waals surface area contributed by atoms with Gasteiger partial charge in [0.05, 0.1) is 21.6 Å². The van der Waals surface area contributed by atoms with Crippen LogP contribution < -0.4 is 5.43 Å². The second kappa shape index (κ2) is 8.88. The first-order valence-corrected chi connectivity index (χ1v) is 10.2. The van der Waals surface area contributed by atoms with Gasteiger partial charge in [0.25, 0.3) is 5.69 Å². The second-order valence-electron chi connectivity index (χ2n) is 7.69. The lowest BCUT2D eigenvalue weighted by Crippen LogP contribution is -2.09. The zero-order valence-corrected chi connectivity index (χ0v) is 18.0. The van der Waals surface area contributed by atoms with Gasteiger partial charge in [-0.05, 0) is 48.4 Å². The molecule has 0 aliphatic carbocycles. The standard InChI is InChI=1S/C25H20N4O4/c1-16-6-5-8-19(12-16)25(22-14-17(2)13-18-7-3-4-9-21(18)22)27-26-23-11-10-20(28(30)31)15-24(23)29(32)33/h3-15,26H,1-2H3/b27-25+. The molecule has 164 valence electrons. The van der Waals surface area contributed by atoms with Crippen molar-refractivity contribution in [3.63, 3.8) is 0 Å². The Balaban J connectivity index is 1.90. The molecule has 0 atom stereocenters. The van der Waals surface area contributed by atoms with Crippen LogP contribution in [0.2, 0.25) is 0 Å². The fraction of sp³-hybridized carbons (Fsp3) is 0.0800. The maximum absolute atomic E-state index is 11.5. The molecule has 0 amide bonds. The van der Waals surface area contributed by atoms with Crippen molar-refractivity contribution >= 4 is 33.5 Å². The third-order valence-electron chi connectivity index (χ3n) is 5.23. The first-order valence-electron chi connectivity index (χ1n) is 10.2. The van der Waals surface area contributed by atoms with E-state index in [1.807, 2.05) is 68.4 Å². The molecule has 0 saturated carbocycles. The summed E-state index contributed by atoms with van der Waals surface area (Å²) in [6.07, 6.45) is 0. The van der Waals surface area contributed by atoms with E-state index in [9.17, 15) is 20.2 Å². The van der Waals surface area contributed by atoms with Gasteiger partial charge in [-0.1, -0.05) is 54.1 Å². The Kier molecular flexibility index (Phi) is 5.82. The minimum atomic E-state index is -0.670. The third kappa shape index (κ3) is 4.54. The van der Waals surface area contributed by atoms with Gasteiger partial charge in [-0.15, -0.1) is 0 Å². The smallest absolute Gasteiger partial charge is 0.271 e. The highest BCUT2D eigenvalue weighted by Crippen LogP contribution is 2.30. The lowest BCUT2D eigenvalue weighted by atomic mass is 9.94. The first-order chi connectivity index (χ1) is 15.8. The molecule has 0 aliphatic rings. The summed E-state index contributed by atoms with van der Waals surface area (Å²) in [7, 11) is 0. The summed E-state index contributed by atoms with van der Waals surface area (Å²) >= 11 is 0. The van der Waals surface area contributed by atoms with Gasteiger partial charge >= 0.3 is 5.69 Å². The van der Waals surface area contributed by atoms with Crippen LogP contribution in [0.15, 0.2) is 84.0 Å². The highest BCUT2D eigenvalue weighted by atomic mass is 16.6. The molecular weight excluding hydrogens is 420 g/mol. The van der Waals surface area contributed by atoms with Crippen molar-refractivity contribution in [3.8, 4) is 0 Å². The number of non-ortho nitro benzene ring substituents is 1. The number of hydrogen-bond acceptors (Lipinski definition) is 6. The maximum Gasteiger partial charge on any atom is 0.301 e. The molecular formula is C25H20N4O4. The van der Waals surface area contributed by atoms with Crippen molar-refractivity contribution < 1.29 is 9.85 Å². The summed E-state index contributed by atoms with van der Waals surface area (Å²) in [5.74, 6) is 0. The second-order valence-corrected chi connectivity index (χ2v) is 7.69. The summed E-state index contributed by atoms with van der Waals surface area (Å²) in [6, 6.07) is 23.3. The van der Waals surface area contributed by atoms with Crippen molar-refractivity contribution in [2.75, 3.05) is 5.43 Å². The SMILES string of the molecule is Cc1cccc(/C(=N\Nc2ccc([N+](=O)[O-])cc2[N+](=O)[O-])c2cc(C)cc3ccccc23)c1. The van der Waals surface area contributed by atoms with E-state index < -0.39 is 15.5 Å². The molecule has 4 aromatic carbocycles. The molecule has 0 aliphatic heterocycles. The molecule has 4 rings (SSSR count). The molecule has 0 heterocycles. The minimum Gasteiger partial charge on any atom is -0.271 e. The number of nitrogens with zero attached hydrogens (tertiary/aromatic N) is 3. The molecule has 8 heteroatoms. The molecule has 0 spiro atoms. The monoisotopic (exact) mass is 440 g/mol. The summed E-state index contributed by atoms with van der Waals surface area (Å²) in [5, 5.41) is 29.2. The van der Waals surface area contributed by atoms with E-state index >= 15 is 0 Å². The summed E-state index contributed by atoms with van der Waals surface area (Å²) in [6.45, 7) is 3.97. The van der Waals surface area contributed by atoms with Gasteiger partial charge in [0, 0.05) is 17.2 Å². The molecule has 0 fully saturated rings. The molecule has 33 heavy (non-hydrogen) atoms. The lowest BCUT2D eigenvalue weighted by molar-refractivity contribution is -0.393. The van der Waals surface area contributed by atoms with Gasteiger partial charge in [-0.3, -0.25) is 25.7 Å². The van der Waals surface area contributed by atoms with Crippen LogP contribution in [-0.4, -0.2) is 15.6 Å². The first kappa shape index (κ1) is 21.6. The molecule has 8 nitrogen and oxygen atoms in total. The predicted molar refractivity (Wildman–Crippen MR) is 129 cm³/mol. The summed E-state index contributed by atoms with van der Waals surface area (Å²) < 4.78 is 0. The van der Waals surface area contributed by atoms with E-state index in [0.29, 0.717) is 5.71 Å². The average Bonchev–Trinajstić information content (AvgIpc) is 2.79. The normalized spacial score (nSPS) is 11.4. The Morgan fingerprint density at radius 2 is 1.61 bits per heavy atom. The van der Waals surface area contributed by atoms with Crippen LogP contribution in [0, 0.1) is 34.1 Å².